The summed E-state index contributed by atoms with van der Waals surface area (Å²) in [5.74, 6) is -2.43. The molecule has 5 heteroatoms. The maximum Gasteiger partial charge on any atom is 0.274 e. The van der Waals surface area contributed by atoms with Gasteiger partial charge in [0, 0.05) is 18.0 Å². The number of aryl methyl sites for hydroxylation is 1. The molecule has 2 aromatic rings. The standard InChI is InChI=1S/C13H10F2N2O/c1-8-4-5-16-12(6-8)13(18)17-9-2-3-10(14)11(15)7-9/h2-7H,1H3,(H,17,18). The number of carbonyl (C=O) groups excluding carboxylic acids is 1. The van der Waals surface area contributed by atoms with Crippen molar-refractivity contribution < 1.29 is 13.6 Å². The van der Waals surface area contributed by atoms with Crippen LogP contribution in [0.25, 0.3) is 0 Å². The number of pyridine rings is 1. The first-order chi connectivity index (χ1) is 8.56. The van der Waals surface area contributed by atoms with Gasteiger partial charge in [-0.2, -0.15) is 0 Å². The summed E-state index contributed by atoms with van der Waals surface area (Å²) in [6.45, 7) is 1.83. The van der Waals surface area contributed by atoms with Crippen LogP contribution < -0.4 is 5.32 Å². The molecule has 1 amide bonds. The summed E-state index contributed by atoms with van der Waals surface area (Å²) < 4.78 is 25.7. The van der Waals surface area contributed by atoms with Crippen LogP contribution in [0, 0.1) is 18.6 Å². The van der Waals surface area contributed by atoms with Crippen LogP contribution in [0.5, 0.6) is 0 Å². The van der Waals surface area contributed by atoms with Gasteiger partial charge in [0.25, 0.3) is 5.91 Å². The van der Waals surface area contributed by atoms with Crippen LogP contribution in [-0.4, -0.2) is 10.9 Å². The van der Waals surface area contributed by atoms with Crippen LogP contribution in [0.15, 0.2) is 36.5 Å². The van der Waals surface area contributed by atoms with E-state index in [-0.39, 0.29) is 11.4 Å². The van der Waals surface area contributed by atoms with E-state index in [9.17, 15) is 13.6 Å². The smallest absolute Gasteiger partial charge is 0.274 e. The lowest BCUT2D eigenvalue weighted by molar-refractivity contribution is 0.102. The molecule has 0 unspecified atom stereocenters. The molecule has 3 nitrogen and oxygen atoms in total. The van der Waals surface area contributed by atoms with Gasteiger partial charge in [-0.1, -0.05) is 0 Å². The van der Waals surface area contributed by atoms with Crippen LogP contribution in [-0.2, 0) is 0 Å². The van der Waals surface area contributed by atoms with E-state index in [1.807, 2.05) is 6.92 Å². The number of hydrogen-bond donors (Lipinski definition) is 1. The maximum absolute atomic E-state index is 13.0. The number of aromatic nitrogens is 1. The average Bonchev–Trinajstić information content (AvgIpc) is 2.34. The summed E-state index contributed by atoms with van der Waals surface area (Å²) >= 11 is 0. The van der Waals surface area contributed by atoms with Gasteiger partial charge in [-0.05, 0) is 36.8 Å². The highest BCUT2D eigenvalue weighted by molar-refractivity contribution is 6.02. The molecule has 1 aromatic carbocycles. The Balaban J connectivity index is 2.18. The molecular weight excluding hydrogens is 238 g/mol. The number of carbonyl (C=O) groups is 1. The largest absolute Gasteiger partial charge is 0.321 e. The van der Waals surface area contributed by atoms with E-state index < -0.39 is 17.5 Å². The predicted octanol–water partition coefficient (Wildman–Crippen LogP) is 2.92. The summed E-state index contributed by atoms with van der Waals surface area (Å²) in [6.07, 6.45) is 1.51. The summed E-state index contributed by atoms with van der Waals surface area (Å²) in [5.41, 5.74) is 1.29. The second-order valence-corrected chi connectivity index (χ2v) is 3.80. The third kappa shape index (κ3) is 2.68. The highest BCUT2D eigenvalue weighted by Crippen LogP contribution is 2.14. The van der Waals surface area contributed by atoms with Crippen LogP contribution >= 0.6 is 0 Å². The Hall–Kier alpha value is -2.30. The number of halogens is 2. The summed E-state index contributed by atoms with van der Waals surface area (Å²) in [6, 6.07) is 6.52. The van der Waals surface area contributed by atoms with E-state index in [1.165, 1.54) is 12.3 Å². The number of amides is 1. The zero-order chi connectivity index (χ0) is 13.1. The highest BCUT2D eigenvalue weighted by atomic mass is 19.2. The molecular formula is C13H10F2N2O. The van der Waals surface area contributed by atoms with Crippen LogP contribution in [0.4, 0.5) is 14.5 Å². The number of nitrogens with one attached hydrogen (secondary N) is 1. The van der Waals surface area contributed by atoms with Gasteiger partial charge in [-0.25, -0.2) is 8.78 Å². The molecule has 0 aliphatic carbocycles. The Morgan fingerprint density at radius 3 is 2.61 bits per heavy atom. The molecule has 0 aliphatic rings. The van der Waals surface area contributed by atoms with Crippen molar-refractivity contribution in [2.45, 2.75) is 6.92 Å². The van der Waals surface area contributed by atoms with Crippen molar-refractivity contribution >= 4 is 11.6 Å². The van der Waals surface area contributed by atoms with Gasteiger partial charge >= 0.3 is 0 Å². The zero-order valence-corrected chi connectivity index (χ0v) is 9.58. The molecule has 0 atom stereocenters. The number of anilines is 1. The molecule has 1 N–H and O–H groups in total. The lowest BCUT2D eigenvalue weighted by Crippen LogP contribution is -2.13. The first kappa shape index (κ1) is 12.2. The van der Waals surface area contributed by atoms with E-state index in [1.54, 1.807) is 12.1 Å². The fraction of sp³-hybridized carbons (Fsp3) is 0.0769. The van der Waals surface area contributed by atoms with Gasteiger partial charge in [0.15, 0.2) is 11.6 Å². The molecule has 2 rings (SSSR count). The summed E-state index contributed by atoms with van der Waals surface area (Å²) in [4.78, 5) is 15.7. The third-order valence-electron chi connectivity index (χ3n) is 2.33. The van der Waals surface area contributed by atoms with Gasteiger partial charge in [-0.3, -0.25) is 9.78 Å². The molecule has 0 saturated carbocycles. The Kier molecular flexibility index (Phi) is 3.32. The van der Waals surface area contributed by atoms with E-state index in [0.29, 0.717) is 0 Å². The van der Waals surface area contributed by atoms with Gasteiger partial charge in [0.2, 0.25) is 0 Å². The normalized spacial score (nSPS) is 10.2. The Morgan fingerprint density at radius 1 is 1.17 bits per heavy atom. The van der Waals surface area contributed by atoms with Crippen LogP contribution in [0.1, 0.15) is 16.1 Å². The Labute approximate surface area is 102 Å². The molecule has 92 valence electrons. The molecule has 1 heterocycles. The first-order valence-corrected chi connectivity index (χ1v) is 5.25. The summed E-state index contributed by atoms with van der Waals surface area (Å²) in [5, 5.41) is 2.45. The first-order valence-electron chi connectivity index (χ1n) is 5.25. The Morgan fingerprint density at radius 2 is 1.94 bits per heavy atom. The SMILES string of the molecule is Cc1ccnc(C(=O)Nc2ccc(F)c(F)c2)c1. The van der Waals surface area contributed by atoms with Gasteiger partial charge in [-0.15, -0.1) is 0 Å². The average molecular weight is 248 g/mol. The third-order valence-corrected chi connectivity index (χ3v) is 2.33. The van der Waals surface area contributed by atoms with Gasteiger partial charge in [0.05, 0.1) is 0 Å². The van der Waals surface area contributed by atoms with Crippen LogP contribution in [0.2, 0.25) is 0 Å². The van der Waals surface area contributed by atoms with Crippen molar-refractivity contribution in [3.05, 3.63) is 59.4 Å². The molecule has 0 bridgehead atoms. The molecule has 0 aliphatic heterocycles. The van der Waals surface area contributed by atoms with E-state index >= 15 is 0 Å². The predicted molar refractivity (Wildman–Crippen MR) is 63.3 cm³/mol. The monoisotopic (exact) mass is 248 g/mol. The lowest BCUT2D eigenvalue weighted by Gasteiger charge is -2.05. The van der Waals surface area contributed by atoms with E-state index in [0.717, 1.165) is 17.7 Å². The molecule has 0 saturated heterocycles. The second kappa shape index (κ2) is 4.91. The van der Waals surface area contributed by atoms with Gasteiger partial charge in [0.1, 0.15) is 5.69 Å². The second-order valence-electron chi connectivity index (χ2n) is 3.80. The molecule has 0 fully saturated rings. The molecule has 0 spiro atoms. The maximum atomic E-state index is 13.0. The quantitative estimate of drug-likeness (QED) is 0.887. The van der Waals surface area contributed by atoms with Crippen molar-refractivity contribution in [3.8, 4) is 0 Å². The van der Waals surface area contributed by atoms with Crippen molar-refractivity contribution in [2.75, 3.05) is 5.32 Å². The minimum atomic E-state index is -1.01. The highest BCUT2D eigenvalue weighted by Gasteiger charge is 2.09. The zero-order valence-electron chi connectivity index (χ0n) is 9.58. The fourth-order valence-electron chi connectivity index (χ4n) is 1.43. The van der Waals surface area contributed by atoms with Crippen molar-refractivity contribution in [1.29, 1.82) is 0 Å². The Bertz CT molecular complexity index is 599. The van der Waals surface area contributed by atoms with E-state index in [4.69, 9.17) is 0 Å². The minimum absolute atomic E-state index is 0.183. The number of nitrogens with zero attached hydrogens (tertiary/aromatic N) is 1. The van der Waals surface area contributed by atoms with Crippen molar-refractivity contribution in [3.63, 3.8) is 0 Å². The molecule has 18 heavy (non-hydrogen) atoms. The summed E-state index contributed by atoms with van der Waals surface area (Å²) in [7, 11) is 0. The van der Waals surface area contributed by atoms with Gasteiger partial charge < -0.3 is 5.32 Å². The molecule has 1 aromatic heterocycles. The lowest BCUT2D eigenvalue weighted by atomic mass is 10.2. The van der Waals surface area contributed by atoms with E-state index in [2.05, 4.69) is 10.3 Å². The minimum Gasteiger partial charge on any atom is -0.321 e. The fourth-order valence-corrected chi connectivity index (χ4v) is 1.43. The van der Waals surface area contributed by atoms with Crippen molar-refractivity contribution in [1.82, 2.24) is 4.98 Å². The number of hydrogen-bond acceptors (Lipinski definition) is 2. The van der Waals surface area contributed by atoms with Crippen LogP contribution in [0.3, 0.4) is 0 Å². The number of benzene rings is 1. The molecule has 0 radical (unpaired) electrons. The van der Waals surface area contributed by atoms with Crippen molar-refractivity contribution in [2.24, 2.45) is 0 Å². The number of rotatable bonds is 2. The topological polar surface area (TPSA) is 42.0 Å².